The summed E-state index contributed by atoms with van der Waals surface area (Å²) in [5, 5.41) is 18.2. The van der Waals surface area contributed by atoms with Gasteiger partial charge >= 0.3 is 0 Å². The van der Waals surface area contributed by atoms with Gasteiger partial charge in [0.2, 0.25) is 0 Å². The van der Waals surface area contributed by atoms with Gasteiger partial charge in [-0.3, -0.25) is 10.1 Å². The van der Waals surface area contributed by atoms with E-state index in [0.29, 0.717) is 10.7 Å². The van der Waals surface area contributed by atoms with E-state index < -0.39 is 4.92 Å². The quantitative estimate of drug-likeness (QED) is 0.456. The molecule has 126 valence electrons. The van der Waals surface area contributed by atoms with Crippen LogP contribution in [-0.2, 0) is 0 Å². The van der Waals surface area contributed by atoms with Crippen molar-refractivity contribution in [2.75, 3.05) is 17.7 Å². The van der Waals surface area contributed by atoms with Crippen molar-refractivity contribution in [3.8, 4) is 11.1 Å². The second kappa shape index (κ2) is 7.23. The maximum atomic E-state index is 11.3. The molecule has 2 N–H and O–H groups in total. The molecule has 0 amide bonds. The van der Waals surface area contributed by atoms with E-state index in [0.717, 1.165) is 22.5 Å². The standard InChI is InChI=1S/C19H16ClN3O2/c1-21-17-11-6-8-14(13-7-2-3-9-15(13)20)19(17)22-16-10-4-5-12-18(16)23(24)25/h2-12,21-22H,1H3. The minimum absolute atomic E-state index is 0.0125. The fraction of sp³-hybridized carbons (Fsp3) is 0.0526. The van der Waals surface area contributed by atoms with Gasteiger partial charge < -0.3 is 10.6 Å². The summed E-state index contributed by atoms with van der Waals surface area (Å²) in [7, 11) is 1.80. The molecule has 3 aromatic carbocycles. The van der Waals surface area contributed by atoms with E-state index in [9.17, 15) is 10.1 Å². The predicted octanol–water partition coefficient (Wildman–Crippen LogP) is 5.70. The van der Waals surface area contributed by atoms with Crippen molar-refractivity contribution < 1.29 is 4.92 Å². The van der Waals surface area contributed by atoms with Crippen molar-refractivity contribution in [1.29, 1.82) is 0 Å². The molecule has 5 nitrogen and oxygen atoms in total. The first kappa shape index (κ1) is 16.8. The molecule has 25 heavy (non-hydrogen) atoms. The van der Waals surface area contributed by atoms with E-state index in [4.69, 9.17) is 11.6 Å². The van der Waals surface area contributed by atoms with Gasteiger partial charge in [-0.05, 0) is 18.2 Å². The number of rotatable bonds is 5. The van der Waals surface area contributed by atoms with Gasteiger partial charge in [0.15, 0.2) is 0 Å². The molecule has 0 saturated heterocycles. The summed E-state index contributed by atoms with van der Waals surface area (Å²) in [5.41, 5.74) is 3.68. The van der Waals surface area contributed by atoms with E-state index >= 15 is 0 Å². The summed E-state index contributed by atoms with van der Waals surface area (Å²) in [5.74, 6) is 0. The third-order valence-electron chi connectivity index (χ3n) is 3.86. The summed E-state index contributed by atoms with van der Waals surface area (Å²) in [6.07, 6.45) is 0. The average Bonchev–Trinajstić information content (AvgIpc) is 2.63. The molecule has 0 aromatic heterocycles. The third-order valence-corrected chi connectivity index (χ3v) is 4.19. The van der Waals surface area contributed by atoms with Crippen LogP contribution in [0.3, 0.4) is 0 Å². The predicted molar refractivity (Wildman–Crippen MR) is 103 cm³/mol. The van der Waals surface area contributed by atoms with Gasteiger partial charge in [-0.2, -0.15) is 0 Å². The molecule has 0 unspecified atom stereocenters. The summed E-state index contributed by atoms with van der Waals surface area (Å²) >= 11 is 6.35. The zero-order valence-corrected chi connectivity index (χ0v) is 14.2. The van der Waals surface area contributed by atoms with E-state index in [-0.39, 0.29) is 5.69 Å². The van der Waals surface area contributed by atoms with Gasteiger partial charge in [-0.25, -0.2) is 0 Å². The Balaban J connectivity index is 2.16. The number of benzene rings is 3. The lowest BCUT2D eigenvalue weighted by atomic mass is 10.0. The molecular weight excluding hydrogens is 338 g/mol. The van der Waals surface area contributed by atoms with Crippen LogP contribution < -0.4 is 10.6 Å². The molecule has 6 heteroatoms. The number of nitro groups is 1. The molecule has 0 atom stereocenters. The number of anilines is 3. The molecule has 3 aromatic rings. The maximum absolute atomic E-state index is 11.3. The number of hydrogen-bond acceptors (Lipinski definition) is 4. The van der Waals surface area contributed by atoms with Crippen molar-refractivity contribution in [3.05, 3.63) is 81.9 Å². The summed E-state index contributed by atoms with van der Waals surface area (Å²) in [4.78, 5) is 10.9. The molecule has 3 rings (SSSR count). The first-order valence-electron chi connectivity index (χ1n) is 7.68. The first-order chi connectivity index (χ1) is 12.1. The van der Waals surface area contributed by atoms with Crippen molar-refractivity contribution in [3.63, 3.8) is 0 Å². The number of nitro benzene ring substituents is 1. The molecule has 0 aliphatic carbocycles. The molecule has 0 radical (unpaired) electrons. The van der Waals surface area contributed by atoms with Gasteiger partial charge in [-0.15, -0.1) is 0 Å². The Labute approximate surface area is 150 Å². The van der Waals surface area contributed by atoms with Gasteiger partial charge in [0, 0.05) is 29.3 Å². The highest BCUT2D eigenvalue weighted by molar-refractivity contribution is 6.33. The SMILES string of the molecule is CNc1cccc(-c2ccccc2Cl)c1Nc1ccccc1[N+](=O)[O-]. The Hall–Kier alpha value is -3.05. The van der Waals surface area contributed by atoms with E-state index in [1.807, 2.05) is 42.5 Å². The number of para-hydroxylation sites is 3. The Bertz CT molecular complexity index is 928. The number of nitrogens with one attached hydrogen (secondary N) is 2. The Morgan fingerprint density at radius 1 is 0.880 bits per heavy atom. The van der Waals surface area contributed by atoms with Crippen molar-refractivity contribution in [2.45, 2.75) is 0 Å². The van der Waals surface area contributed by atoms with E-state index in [1.54, 1.807) is 25.2 Å². The highest BCUT2D eigenvalue weighted by Gasteiger charge is 2.17. The second-order valence-electron chi connectivity index (χ2n) is 5.36. The van der Waals surface area contributed by atoms with Crippen LogP contribution in [0.4, 0.5) is 22.7 Å². The van der Waals surface area contributed by atoms with Crippen molar-refractivity contribution >= 4 is 34.4 Å². The van der Waals surface area contributed by atoms with Crippen LogP contribution in [0.2, 0.25) is 5.02 Å². The fourth-order valence-corrected chi connectivity index (χ4v) is 2.91. The van der Waals surface area contributed by atoms with Crippen LogP contribution in [0.1, 0.15) is 0 Å². The van der Waals surface area contributed by atoms with Crippen LogP contribution in [-0.4, -0.2) is 12.0 Å². The van der Waals surface area contributed by atoms with Crippen molar-refractivity contribution in [2.24, 2.45) is 0 Å². The number of nitrogens with zero attached hydrogens (tertiary/aromatic N) is 1. The monoisotopic (exact) mass is 353 g/mol. The second-order valence-corrected chi connectivity index (χ2v) is 5.76. The molecular formula is C19H16ClN3O2. The van der Waals surface area contributed by atoms with Gasteiger partial charge in [0.1, 0.15) is 5.69 Å². The lowest BCUT2D eigenvalue weighted by Gasteiger charge is -2.17. The third kappa shape index (κ3) is 3.41. The van der Waals surface area contributed by atoms with Crippen LogP contribution in [0.15, 0.2) is 66.7 Å². The number of hydrogen-bond donors (Lipinski definition) is 2. The topological polar surface area (TPSA) is 67.2 Å². The average molecular weight is 354 g/mol. The van der Waals surface area contributed by atoms with Gasteiger partial charge in [0.25, 0.3) is 5.69 Å². The van der Waals surface area contributed by atoms with Crippen LogP contribution in [0.5, 0.6) is 0 Å². The molecule has 0 spiro atoms. The largest absolute Gasteiger partial charge is 0.386 e. The maximum Gasteiger partial charge on any atom is 0.292 e. The van der Waals surface area contributed by atoms with Crippen molar-refractivity contribution in [1.82, 2.24) is 0 Å². The van der Waals surface area contributed by atoms with Crippen LogP contribution in [0.25, 0.3) is 11.1 Å². The molecule has 0 aliphatic rings. The molecule has 0 aliphatic heterocycles. The lowest BCUT2D eigenvalue weighted by molar-refractivity contribution is -0.383. The number of halogens is 1. The lowest BCUT2D eigenvalue weighted by Crippen LogP contribution is -2.02. The Kier molecular flexibility index (Phi) is 4.86. The Morgan fingerprint density at radius 2 is 1.52 bits per heavy atom. The molecule has 0 heterocycles. The van der Waals surface area contributed by atoms with Crippen LogP contribution >= 0.6 is 11.6 Å². The zero-order chi connectivity index (χ0) is 17.8. The smallest absolute Gasteiger partial charge is 0.292 e. The first-order valence-corrected chi connectivity index (χ1v) is 8.05. The van der Waals surface area contributed by atoms with Crippen LogP contribution in [0, 0.1) is 10.1 Å². The summed E-state index contributed by atoms with van der Waals surface area (Å²) in [6.45, 7) is 0. The fourth-order valence-electron chi connectivity index (χ4n) is 2.67. The van der Waals surface area contributed by atoms with E-state index in [1.165, 1.54) is 6.07 Å². The molecule has 0 saturated carbocycles. The minimum Gasteiger partial charge on any atom is -0.386 e. The highest BCUT2D eigenvalue weighted by atomic mass is 35.5. The highest BCUT2D eigenvalue weighted by Crippen LogP contribution is 2.40. The molecule has 0 bridgehead atoms. The zero-order valence-electron chi connectivity index (χ0n) is 13.5. The normalized spacial score (nSPS) is 10.3. The van der Waals surface area contributed by atoms with Gasteiger partial charge in [0.05, 0.1) is 16.3 Å². The van der Waals surface area contributed by atoms with E-state index in [2.05, 4.69) is 10.6 Å². The molecule has 0 fully saturated rings. The van der Waals surface area contributed by atoms with Gasteiger partial charge in [-0.1, -0.05) is 54.1 Å². The Morgan fingerprint density at radius 3 is 2.24 bits per heavy atom. The summed E-state index contributed by atoms with van der Waals surface area (Å²) < 4.78 is 0. The minimum atomic E-state index is -0.403. The summed E-state index contributed by atoms with van der Waals surface area (Å²) in [6, 6.07) is 19.8.